The van der Waals surface area contributed by atoms with E-state index in [2.05, 4.69) is 10.6 Å². The van der Waals surface area contributed by atoms with E-state index in [9.17, 15) is 9.59 Å². The molecule has 0 aliphatic heterocycles. The van der Waals surface area contributed by atoms with Crippen LogP contribution in [-0.4, -0.2) is 31.0 Å². The SMILES string of the molecule is CCNC(=O)COc1ccc(NC(=O)[C@H](C)N)cc1. The van der Waals surface area contributed by atoms with Crippen molar-refractivity contribution in [3.63, 3.8) is 0 Å². The molecule has 0 heterocycles. The number of nitrogens with two attached hydrogens (primary N) is 1. The van der Waals surface area contributed by atoms with Crippen LogP contribution in [0, 0.1) is 0 Å². The molecule has 6 heteroatoms. The first-order valence-electron chi connectivity index (χ1n) is 6.09. The number of likely N-dealkylation sites (N-methyl/N-ethyl adjacent to an activating group) is 1. The second kappa shape index (κ2) is 7.38. The highest BCUT2D eigenvalue weighted by Crippen LogP contribution is 2.15. The van der Waals surface area contributed by atoms with E-state index in [1.807, 2.05) is 6.92 Å². The van der Waals surface area contributed by atoms with Crippen molar-refractivity contribution >= 4 is 17.5 Å². The number of carbonyl (C=O) groups excluding carboxylic acids is 2. The molecule has 1 aromatic rings. The maximum Gasteiger partial charge on any atom is 0.257 e. The number of hydrogen-bond acceptors (Lipinski definition) is 4. The molecule has 1 atom stereocenters. The van der Waals surface area contributed by atoms with Gasteiger partial charge >= 0.3 is 0 Å². The number of ether oxygens (including phenoxy) is 1. The molecule has 19 heavy (non-hydrogen) atoms. The van der Waals surface area contributed by atoms with Gasteiger partial charge in [0.05, 0.1) is 6.04 Å². The van der Waals surface area contributed by atoms with Crippen LogP contribution < -0.4 is 21.1 Å². The summed E-state index contributed by atoms with van der Waals surface area (Å²) in [5.74, 6) is 0.137. The van der Waals surface area contributed by atoms with Crippen molar-refractivity contribution in [2.45, 2.75) is 19.9 Å². The lowest BCUT2D eigenvalue weighted by Gasteiger charge is -2.09. The van der Waals surface area contributed by atoms with Gasteiger partial charge in [-0.05, 0) is 38.1 Å². The van der Waals surface area contributed by atoms with Gasteiger partial charge in [0.15, 0.2) is 6.61 Å². The number of rotatable bonds is 6. The summed E-state index contributed by atoms with van der Waals surface area (Å²) in [6.07, 6.45) is 0. The Kier molecular flexibility index (Phi) is 5.81. The van der Waals surface area contributed by atoms with Crippen molar-refractivity contribution in [1.82, 2.24) is 5.32 Å². The average Bonchev–Trinajstić information content (AvgIpc) is 2.38. The molecule has 1 rings (SSSR count). The molecule has 6 nitrogen and oxygen atoms in total. The maximum absolute atomic E-state index is 11.4. The van der Waals surface area contributed by atoms with E-state index in [0.29, 0.717) is 18.0 Å². The monoisotopic (exact) mass is 265 g/mol. The standard InChI is InChI=1S/C13H19N3O3/c1-3-15-12(17)8-19-11-6-4-10(5-7-11)16-13(18)9(2)14/h4-7,9H,3,8,14H2,1-2H3,(H,15,17)(H,16,18)/t9-/m0/s1. The number of anilines is 1. The van der Waals surface area contributed by atoms with Gasteiger partial charge in [0.2, 0.25) is 5.91 Å². The third-order valence-electron chi connectivity index (χ3n) is 2.28. The predicted octanol–water partition coefficient (Wildman–Crippen LogP) is 0.487. The second-order valence-electron chi connectivity index (χ2n) is 4.04. The topological polar surface area (TPSA) is 93.5 Å². The summed E-state index contributed by atoms with van der Waals surface area (Å²) in [4.78, 5) is 22.6. The highest BCUT2D eigenvalue weighted by Gasteiger charge is 2.07. The fourth-order valence-corrected chi connectivity index (χ4v) is 1.29. The zero-order chi connectivity index (χ0) is 14.3. The molecule has 4 N–H and O–H groups in total. The van der Waals surface area contributed by atoms with Crippen LogP contribution in [0.1, 0.15) is 13.8 Å². The van der Waals surface area contributed by atoms with Gasteiger partial charge in [0, 0.05) is 12.2 Å². The van der Waals surface area contributed by atoms with Crippen molar-refractivity contribution < 1.29 is 14.3 Å². The third kappa shape index (κ3) is 5.39. The van der Waals surface area contributed by atoms with Gasteiger partial charge in [0.1, 0.15) is 5.75 Å². The largest absolute Gasteiger partial charge is 0.484 e. The zero-order valence-corrected chi connectivity index (χ0v) is 11.1. The molecule has 104 valence electrons. The summed E-state index contributed by atoms with van der Waals surface area (Å²) in [6.45, 7) is 4.00. The molecule has 0 spiro atoms. The lowest BCUT2D eigenvalue weighted by molar-refractivity contribution is -0.123. The van der Waals surface area contributed by atoms with Gasteiger partial charge < -0.3 is 21.1 Å². The van der Waals surface area contributed by atoms with Gasteiger partial charge in [-0.3, -0.25) is 9.59 Å². The minimum atomic E-state index is -0.561. The Morgan fingerprint density at radius 1 is 1.32 bits per heavy atom. The fourth-order valence-electron chi connectivity index (χ4n) is 1.29. The van der Waals surface area contributed by atoms with Crippen LogP contribution in [0.5, 0.6) is 5.75 Å². The first kappa shape index (κ1) is 15.0. The van der Waals surface area contributed by atoms with Crippen LogP contribution in [-0.2, 0) is 9.59 Å². The highest BCUT2D eigenvalue weighted by molar-refractivity contribution is 5.94. The molecule has 0 bridgehead atoms. The molecule has 0 unspecified atom stereocenters. The van der Waals surface area contributed by atoms with Gasteiger partial charge in [-0.2, -0.15) is 0 Å². The summed E-state index contributed by atoms with van der Waals surface area (Å²) >= 11 is 0. The molecule has 0 aliphatic rings. The van der Waals surface area contributed by atoms with E-state index in [-0.39, 0.29) is 18.4 Å². The van der Waals surface area contributed by atoms with Crippen molar-refractivity contribution in [1.29, 1.82) is 0 Å². The molecule has 0 saturated heterocycles. The second-order valence-corrected chi connectivity index (χ2v) is 4.04. The molecular formula is C13H19N3O3. The molecule has 0 fully saturated rings. The van der Waals surface area contributed by atoms with Crippen LogP contribution in [0.2, 0.25) is 0 Å². The highest BCUT2D eigenvalue weighted by atomic mass is 16.5. The number of amides is 2. The van der Waals surface area contributed by atoms with Crippen LogP contribution in [0.25, 0.3) is 0 Å². The molecule has 0 aromatic heterocycles. The van der Waals surface area contributed by atoms with Crippen molar-refractivity contribution in [3.8, 4) is 5.75 Å². The van der Waals surface area contributed by atoms with E-state index in [0.717, 1.165) is 0 Å². The first-order chi connectivity index (χ1) is 9.02. The van der Waals surface area contributed by atoms with E-state index in [1.165, 1.54) is 0 Å². The van der Waals surface area contributed by atoms with Crippen molar-refractivity contribution in [3.05, 3.63) is 24.3 Å². The number of hydrogen-bond donors (Lipinski definition) is 3. The molecular weight excluding hydrogens is 246 g/mol. The van der Waals surface area contributed by atoms with E-state index in [4.69, 9.17) is 10.5 Å². The summed E-state index contributed by atoms with van der Waals surface area (Å²) in [5.41, 5.74) is 6.07. The van der Waals surface area contributed by atoms with Crippen molar-refractivity contribution in [2.24, 2.45) is 5.73 Å². The minimum absolute atomic E-state index is 0.0284. The van der Waals surface area contributed by atoms with Crippen molar-refractivity contribution in [2.75, 3.05) is 18.5 Å². The summed E-state index contributed by atoms with van der Waals surface area (Å²) in [6, 6.07) is 6.17. The van der Waals surface area contributed by atoms with Crippen LogP contribution in [0.4, 0.5) is 5.69 Å². The van der Waals surface area contributed by atoms with Crippen LogP contribution in [0.15, 0.2) is 24.3 Å². The Morgan fingerprint density at radius 3 is 2.47 bits per heavy atom. The van der Waals surface area contributed by atoms with E-state index in [1.54, 1.807) is 31.2 Å². The van der Waals surface area contributed by atoms with E-state index < -0.39 is 6.04 Å². The normalized spacial score (nSPS) is 11.5. The lowest BCUT2D eigenvalue weighted by Crippen LogP contribution is -2.32. The Balaban J connectivity index is 2.47. The quantitative estimate of drug-likeness (QED) is 0.697. The number of carbonyl (C=O) groups is 2. The number of benzene rings is 1. The minimum Gasteiger partial charge on any atom is -0.484 e. The van der Waals surface area contributed by atoms with Gasteiger partial charge in [-0.25, -0.2) is 0 Å². The summed E-state index contributed by atoms with van der Waals surface area (Å²) < 4.78 is 5.28. The fraction of sp³-hybridized carbons (Fsp3) is 0.385. The Labute approximate surface area is 112 Å². The molecule has 2 amide bonds. The smallest absolute Gasteiger partial charge is 0.257 e. The van der Waals surface area contributed by atoms with Gasteiger partial charge in [-0.15, -0.1) is 0 Å². The maximum atomic E-state index is 11.4. The van der Waals surface area contributed by atoms with Gasteiger partial charge in [0.25, 0.3) is 5.91 Å². The lowest BCUT2D eigenvalue weighted by atomic mass is 10.2. The summed E-state index contributed by atoms with van der Waals surface area (Å²) in [7, 11) is 0. The zero-order valence-electron chi connectivity index (χ0n) is 11.1. The van der Waals surface area contributed by atoms with Crippen LogP contribution >= 0.6 is 0 Å². The summed E-state index contributed by atoms with van der Waals surface area (Å²) in [5, 5.41) is 5.29. The Hall–Kier alpha value is -2.08. The molecule has 1 aromatic carbocycles. The predicted molar refractivity (Wildman–Crippen MR) is 72.9 cm³/mol. The van der Waals surface area contributed by atoms with E-state index >= 15 is 0 Å². The average molecular weight is 265 g/mol. The van der Waals surface area contributed by atoms with Gasteiger partial charge in [-0.1, -0.05) is 0 Å². The Bertz CT molecular complexity index is 429. The molecule has 0 aliphatic carbocycles. The molecule has 0 saturated carbocycles. The Morgan fingerprint density at radius 2 is 1.95 bits per heavy atom. The molecule has 0 radical (unpaired) electrons. The number of nitrogens with one attached hydrogen (secondary N) is 2. The third-order valence-corrected chi connectivity index (χ3v) is 2.28. The van der Waals surface area contributed by atoms with Crippen LogP contribution in [0.3, 0.4) is 0 Å². The first-order valence-corrected chi connectivity index (χ1v) is 6.09.